The number of nitrogens with one attached hydrogen (secondary N) is 1. The minimum atomic E-state index is -1.25. The molecular weight excluding hydrogens is 278 g/mol. The Morgan fingerprint density at radius 2 is 1.95 bits per heavy atom. The summed E-state index contributed by atoms with van der Waals surface area (Å²) >= 11 is 1.65. The zero-order chi connectivity index (χ0) is 15.0. The van der Waals surface area contributed by atoms with Crippen molar-refractivity contribution < 1.29 is 19.8 Å². The molecule has 1 aromatic carbocycles. The van der Waals surface area contributed by atoms with Crippen molar-refractivity contribution in [3.8, 4) is 0 Å². The fourth-order valence-corrected chi connectivity index (χ4v) is 2.45. The third-order valence-corrected chi connectivity index (χ3v) is 3.72. The van der Waals surface area contributed by atoms with Crippen molar-refractivity contribution >= 4 is 23.6 Å². The number of amides is 1. The number of thioether (sulfide) groups is 1. The monoisotopic (exact) mass is 297 g/mol. The lowest BCUT2D eigenvalue weighted by atomic mass is 10.2. The van der Waals surface area contributed by atoms with E-state index < -0.39 is 18.1 Å². The van der Waals surface area contributed by atoms with Gasteiger partial charge in [-0.1, -0.05) is 18.2 Å². The molecule has 20 heavy (non-hydrogen) atoms. The van der Waals surface area contributed by atoms with E-state index in [9.17, 15) is 14.7 Å². The fraction of sp³-hybridized carbons (Fsp3) is 0.429. The van der Waals surface area contributed by atoms with Gasteiger partial charge >= 0.3 is 5.97 Å². The van der Waals surface area contributed by atoms with E-state index in [0.29, 0.717) is 6.42 Å². The maximum atomic E-state index is 11.6. The molecule has 6 heteroatoms. The molecule has 5 nitrogen and oxygen atoms in total. The number of hydrogen-bond donors (Lipinski definition) is 3. The van der Waals surface area contributed by atoms with Gasteiger partial charge < -0.3 is 15.5 Å². The Morgan fingerprint density at radius 3 is 2.50 bits per heavy atom. The van der Waals surface area contributed by atoms with E-state index in [4.69, 9.17) is 5.11 Å². The number of aliphatic carboxylic acids is 1. The average molecular weight is 297 g/mol. The molecule has 1 amide bonds. The molecule has 0 aromatic heterocycles. The van der Waals surface area contributed by atoms with Gasteiger partial charge in [0.25, 0.3) is 0 Å². The van der Waals surface area contributed by atoms with Crippen LogP contribution >= 0.6 is 11.8 Å². The summed E-state index contributed by atoms with van der Waals surface area (Å²) in [5, 5.41) is 20.4. The van der Waals surface area contributed by atoms with Gasteiger partial charge in [-0.05, 0) is 31.2 Å². The van der Waals surface area contributed by atoms with E-state index >= 15 is 0 Å². The minimum Gasteiger partial charge on any atom is -0.480 e. The zero-order valence-corrected chi connectivity index (χ0v) is 12.1. The molecule has 0 bridgehead atoms. The summed E-state index contributed by atoms with van der Waals surface area (Å²) in [5.41, 5.74) is 0. The second-order valence-electron chi connectivity index (χ2n) is 4.39. The predicted molar refractivity (Wildman–Crippen MR) is 77.6 cm³/mol. The van der Waals surface area contributed by atoms with Crippen LogP contribution < -0.4 is 5.32 Å². The molecule has 0 fully saturated rings. The first-order valence-corrected chi connectivity index (χ1v) is 7.37. The number of carboxylic acids is 1. The van der Waals surface area contributed by atoms with Crippen LogP contribution in [0.25, 0.3) is 0 Å². The Labute approximate surface area is 122 Å². The molecule has 0 aliphatic carbocycles. The standard InChI is InChI=1S/C14H19NO4S/c1-10(16)13(14(18)19)15-12(17)8-5-9-20-11-6-3-2-4-7-11/h2-4,6-7,10,13,16H,5,8-9H2,1H3,(H,15,17)(H,18,19). The highest BCUT2D eigenvalue weighted by Gasteiger charge is 2.24. The van der Waals surface area contributed by atoms with Crippen molar-refractivity contribution in [2.24, 2.45) is 0 Å². The highest BCUT2D eigenvalue weighted by Crippen LogP contribution is 2.18. The Morgan fingerprint density at radius 1 is 1.30 bits per heavy atom. The third kappa shape index (κ3) is 6.08. The lowest BCUT2D eigenvalue weighted by molar-refractivity contribution is -0.144. The smallest absolute Gasteiger partial charge is 0.328 e. The molecule has 0 spiro atoms. The van der Waals surface area contributed by atoms with Crippen molar-refractivity contribution in [2.45, 2.75) is 36.8 Å². The molecule has 0 saturated heterocycles. The number of aliphatic hydroxyl groups is 1. The largest absolute Gasteiger partial charge is 0.480 e. The number of carboxylic acid groups (broad SMARTS) is 1. The van der Waals surface area contributed by atoms with Crippen molar-refractivity contribution in [1.82, 2.24) is 5.32 Å². The SMILES string of the molecule is CC(O)C(NC(=O)CCCSc1ccccc1)C(=O)O. The Bertz CT molecular complexity index is 436. The quantitative estimate of drug-likeness (QED) is 0.500. The highest BCUT2D eigenvalue weighted by atomic mass is 32.2. The van der Waals surface area contributed by atoms with Gasteiger partial charge in [0.15, 0.2) is 6.04 Å². The van der Waals surface area contributed by atoms with Crippen LogP contribution in [0.5, 0.6) is 0 Å². The lowest BCUT2D eigenvalue weighted by Crippen LogP contribution is -2.47. The van der Waals surface area contributed by atoms with Gasteiger partial charge in [0.1, 0.15) is 0 Å². The summed E-state index contributed by atoms with van der Waals surface area (Å²) in [5.74, 6) is -0.803. The molecule has 0 saturated carbocycles. The topological polar surface area (TPSA) is 86.6 Å². The molecule has 3 N–H and O–H groups in total. The first-order chi connectivity index (χ1) is 9.50. The number of hydrogen-bond acceptors (Lipinski definition) is 4. The summed E-state index contributed by atoms with van der Waals surface area (Å²) in [7, 11) is 0. The Hall–Kier alpha value is -1.53. The van der Waals surface area contributed by atoms with E-state index in [1.807, 2.05) is 30.3 Å². The van der Waals surface area contributed by atoms with Gasteiger partial charge in [0, 0.05) is 11.3 Å². The highest BCUT2D eigenvalue weighted by molar-refractivity contribution is 7.99. The maximum absolute atomic E-state index is 11.6. The molecular formula is C14H19NO4S. The second-order valence-corrected chi connectivity index (χ2v) is 5.56. The van der Waals surface area contributed by atoms with E-state index in [1.165, 1.54) is 6.92 Å². The van der Waals surface area contributed by atoms with Crippen LogP contribution in [0.4, 0.5) is 0 Å². The number of aliphatic hydroxyl groups excluding tert-OH is 1. The summed E-state index contributed by atoms with van der Waals surface area (Å²) < 4.78 is 0. The van der Waals surface area contributed by atoms with Gasteiger partial charge in [0.2, 0.25) is 5.91 Å². The number of rotatable bonds is 8. The molecule has 1 rings (SSSR count). The van der Waals surface area contributed by atoms with Gasteiger partial charge in [-0.2, -0.15) is 0 Å². The zero-order valence-electron chi connectivity index (χ0n) is 11.3. The maximum Gasteiger partial charge on any atom is 0.328 e. The van der Waals surface area contributed by atoms with Crippen LogP contribution in [0.1, 0.15) is 19.8 Å². The predicted octanol–water partition coefficient (Wildman–Crippen LogP) is 1.51. The summed E-state index contributed by atoms with van der Waals surface area (Å²) in [6.45, 7) is 1.34. The number of carbonyl (C=O) groups is 2. The first-order valence-electron chi connectivity index (χ1n) is 6.39. The molecule has 1 aromatic rings. The summed E-state index contributed by atoms with van der Waals surface area (Å²) in [6, 6.07) is 8.60. The van der Waals surface area contributed by atoms with Crippen molar-refractivity contribution in [3.05, 3.63) is 30.3 Å². The van der Waals surface area contributed by atoms with Gasteiger partial charge in [-0.15, -0.1) is 11.8 Å². The molecule has 0 aliphatic rings. The van der Waals surface area contributed by atoms with Crippen LogP contribution in [-0.4, -0.2) is 40.0 Å². The van der Waals surface area contributed by atoms with Crippen LogP contribution in [0.15, 0.2) is 35.2 Å². The Balaban J connectivity index is 2.24. The number of benzene rings is 1. The molecule has 0 radical (unpaired) electrons. The summed E-state index contributed by atoms with van der Waals surface area (Å²) in [4.78, 5) is 23.5. The molecule has 110 valence electrons. The van der Waals surface area contributed by atoms with Crippen LogP contribution in [-0.2, 0) is 9.59 Å². The third-order valence-electron chi connectivity index (χ3n) is 2.63. The van der Waals surface area contributed by atoms with Gasteiger partial charge in [0.05, 0.1) is 6.10 Å². The van der Waals surface area contributed by atoms with Gasteiger partial charge in [-0.25, -0.2) is 4.79 Å². The van der Waals surface area contributed by atoms with E-state index in [-0.39, 0.29) is 12.3 Å². The average Bonchev–Trinajstić information content (AvgIpc) is 2.41. The van der Waals surface area contributed by atoms with E-state index in [2.05, 4.69) is 5.32 Å². The van der Waals surface area contributed by atoms with E-state index in [1.54, 1.807) is 11.8 Å². The normalized spacial score (nSPS) is 13.5. The number of carbonyl (C=O) groups excluding carboxylic acids is 1. The van der Waals surface area contributed by atoms with Crippen LogP contribution in [0.3, 0.4) is 0 Å². The lowest BCUT2D eigenvalue weighted by Gasteiger charge is -2.16. The fourth-order valence-electron chi connectivity index (χ4n) is 1.57. The van der Waals surface area contributed by atoms with Gasteiger partial charge in [-0.3, -0.25) is 4.79 Å². The molecule has 0 aliphatic heterocycles. The molecule has 2 atom stereocenters. The Kier molecular flexibility index (Phi) is 7.11. The van der Waals surface area contributed by atoms with Crippen molar-refractivity contribution in [2.75, 3.05) is 5.75 Å². The van der Waals surface area contributed by atoms with Crippen molar-refractivity contribution in [3.63, 3.8) is 0 Å². The van der Waals surface area contributed by atoms with Crippen LogP contribution in [0.2, 0.25) is 0 Å². The van der Waals surface area contributed by atoms with E-state index in [0.717, 1.165) is 10.6 Å². The minimum absolute atomic E-state index is 0.246. The first kappa shape index (κ1) is 16.5. The second kappa shape index (κ2) is 8.60. The van der Waals surface area contributed by atoms with Crippen LogP contribution in [0, 0.1) is 0 Å². The summed E-state index contributed by atoms with van der Waals surface area (Å²) in [6.07, 6.45) is -0.219. The molecule has 0 heterocycles. The van der Waals surface area contributed by atoms with Crippen molar-refractivity contribution in [1.29, 1.82) is 0 Å². The molecule has 2 unspecified atom stereocenters.